The Hall–Kier alpha value is -1.72. The van der Waals surface area contributed by atoms with Gasteiger partial charge >= 0.3 is 18.9 Å². The minimum Gasteiger partial charge on any atom is -1.00 e. The average molecular weight is 499 g/mol. The van der Waals surface area contributed by atoms with Crippen LogP contribution in [0.3, 0.4) is 0 Å². The second kappa shape index (κ2) is 13.4. The molecule has 2 aromatic carbocycles. The molecule has 0 saturated carbocycles. The molecule has 0 bridgehead atoms. The van der Waals surface area contributed by atoms with E-state index in [2.05, 4.69) is 46.2 Å². The number of nitrogens with two attached hydrogens (primary N) is 1. The van der Waals surface area contributed by atoms with Crippen molar-refractivity contribution in [2.75, 3.05) is 6.54 Å². The molecule has 0 atom stereocenters. The second-order valence-electron chi connectivity index (χ2n) is 8.57. The molecule has 0 radical (unpaired) electrons. The van der Waals surface area contributed by atoms with Crippen LogP contribution in [-0.4, -0.2) is 33.9 Å². The Kier molecular flexibility index (Phi) is 11.9. The van der Waals surface area contributed by atoms with E-state index in [0.29, 0.717) is 6.54 Å². The molecule has 0 spiro atoms. The van der Waals surface area contributed by atoms with Crippen LogP contribution < -0.4 is 24.6 Å². The molecule has 2 N–H and O–H groups in total. The van der Waals surface area contributed by atoms with E-state index >= 15 is 0 Å². The van der Waals surface area contributed by atoms with Crippen molar-refractivity contribution in [1.82, 2.24) is 9.97 Å². The molecule has 8 heteroatoms. The standard InChI is InChI=1S/C13H12N2S.C13H16N2S.Al.Li.4H/c1-13(2,14-3)12-15-11(9-16-12)10-7-5-4-6-8-10;1-13(2,9-14)12-15-11(8-16-12)10-6-4-3-5-7-10;;;;;;/h4-9H,1-2H3;3-8H,9,14H2,1-2H3;;;;;;/q;;;+1;;;;-1. The van der Waals surface area contributed by atoms with Crippen molar-refractivity contribution >= 4 is 40.0 Å². The number of hydrogen-bond acceptors (Lipinski definition) is 5. The fourth-order valence-corrected chi connectivity index (χ4v) is 4.62. The molecule has 0 fully saturated rings. The third-order valence-electron chi connectivity index (χ3n) is 5.04. The first-order valence-electron chi connectivity index (χ1n) is 10.4. The number of aromatic nitrogens is 2. The Morgan fingerprint density at radius 2 is 1.24 bits per heavy atom. The van der Waals surface area contributed by atoms with E-state index < -0.39 is 5.54 Å². The van der Waals surface area contributed by atoms with Crippen LogP contribution in [0.25, 0.3) is 27.4 Å². The van der Waals surface area contributed by atoms with Crippen LogP contribution >= 0.6 is 22.7 Å². The molecule has 0 aliphatic rings. The predicted molar refractivity (Wildman–Crippen MR) is 148 cm³/mol. The third kappa shape index (κ3) is 7.64. The maximum absolute atomic E-state index is 7.15. The van der Waals surface area contributed by atoms with E-state index in [1.54, 1.807) is 22.7 Å². The molecule has 2 heterocycles. The van der Waals surface area contributed by atoms with E-state index in [1.165, 1.54) is 0 Å². The van der Waals surface area contributed by atoms with Gasteiger partial charge in [0.1, 0.15) is 5.01 Å². The first-order chi connectivity index (χ1) is 15.3. The van der Waals surface area contributed by atoms with Crippen LogP contribution in [0.5, 0.6) is 0 Å². The van der Waals surface area contributed by atoms with Gasteiger partial charge in [-0.25, -0.2) is 16.5 Å². The van der Waals surface area contributed by atoms with Crippen molar-refractivity contribution in [2.45, 2.75) is 38.6 Å². The van der Waals surface area contributed by atoms with E-state index in [9.17, 15) is 0 Å². The second-order valence-corrected chi connectivity index (χ2v) is 10.3. The van der Waals surface area contributed by atoms with E-state index in [0.717, 1.165) is 32.5 Å². The fraction of sp³-hybridized carbons (Fsp3) is 0.269. The predicted octanol–water partition coefficient (Wildman–Crippen LogP) is 2.94. The molecule has 172 valence electrons. The van der Waals surface area contributed by atoms with Gasteiger partial charge in [-0.1, -0.05) is 74.5 Å². The molecule has 4 rings (SSSR count). The monoisotopic (exact) mass is 498 g/mol. The summed E-state index contributed by atoms with van der Waals surface area (Å²) in [6.45, 7) is 15.8. The van der Waals surface area contributed by atoms with Crippen molar-refractivity contribution < 1.29 is 20.3 Å². The number of nitrogens with zero attached hydrogens (tertiary/aromatic N) is 3. The van der Waals surface area contributed by atoms with Gasteiger partial charge in [0.15, 0.2) is 22.4 Å². The zero-order chi connectivity index (χ0) is 23.2. The number of rotatable bonds is 5. The molecule has 2 aromatic heterocycles. The maximum atomic E-state index is 7.15. The van der Waals surface area contributed by atoms with Crippen LogP contribution in [0, 0.1) is 6.57 Å². The van der Waals surface area contributed by atoms with Crippen molar-refractivity contribution in [3.8, 4) is 22.5 Å². The molecule has 0 amide bonds. The summed E-state index contributed by atoms with van der Waals surface area (Å²) in [4.78, 5) is 12.8. The zero-order valence-electron chi connectivity index (χ0n) is 20.9. The molecule has 0 unspecified atom stereocenters. The Morgan fingerprint density at radius 1 is 0.824 bits per heavy atom. The Labute approximate surface area is 235 Å². The van der Waals surface area contributed by atoms with Gasteiger partial charge in [-0.05, 0) is 0 Å². The van der Waals surface area contributed by atoms with Crippen molar-refractivity contribution in [3.05, 3.63) is 92.9 Å². The van der Waals surface area contributed by atoms with Crippen LogP contribution in [-0.2, 0) is 11.0 Å². The van der Waals surface area contributed by atoms with Gasteiger partial charge in [-0.15, -0.1) is 22.7 Å². The quantitative estimate of drug-likeness (QED) is 0.340. The summed E-state index contributed by atoms with van der Waals surface area (Å²) >= 11 is 3.24. The van der Waals surface area contributed by atoms with Crippen molar-refractivity contribution in [3.63, 3.8) is 0 Å². The van der Waals surface area contributed by atoms with Gasteiger partial charge in [0.05, 0.1) is 11.4 Å². The molecular weight excluding hydrogens is 466 g/mol. The third-order valence-corrected chi connectivity index (χ3v) is 7.40. The first kappa shape index (κ1) is 30.3. The smallest absolute Gasteiger partial charge is 1.00 e. The molecule has 0 saturated heterocycles. The summed E-state index contributed by atoms with van der Waals surface area (Å²) in [5.74, 6) is 0. The van der Waals surface area contributed by atoms with Gasteiger partial charge in [-0.3, -0.25) is 0 Å². The van der Waals surface area contributed by atoms with E-state index in [-0.39, 0.29) is 43.1 Å². The first-order valence-corrected chi connectivity index (χ1v) is 12.1. The topological polar surface area (TPSA) is 56.2 Å². The van der Waals surface area contributed by atoms with Gasteiger partial charge < -0.3 is 12.0 Å². The van der Waals surface area contributed by atoms with Crippen molar-refractivity contribution in [1.29, 1.82) is 0 Å². The molecule has 4 nitrogen and oxygen atoms in total. The minimum absolute atomic E-state index is 0. The van der Waals surface area contributed by atoms with E-state index in [1.807, 2.05) is 67.8 Å². The summed E-state index contributed by atoms with van der Waals surface area (Å²) in [6.07, 6.45) is 0. The summed E-state index contributed by atoms with van der Waals surface area (Å²) in [6, 6.07) is 20.3. The molecule has 0 aliphatic carbocycles. The zero-order valence-corrected chi connectivity index (χ0v) is 21.5. The van der Waals surface area contributed by atoms with E-state index in [4.69, 9.17) is 12.3 Å². The van der Waals surface area contributed by atoms with Crippen molar-refractivity contribution in [2.24, 2.45) is 5.73 Å². The minimum atomic E-state index is -0.516. The summed E-state index contributed by atoms with van der Waals surface area (Å²) in [5.41, 5.74) is 9.47. The molecule has 4 aromatic rings. The molecular formula is C26H32AlLiN4S2. The SMILES string of the molecule is CC(C)(CN)c1nc(-c2ccccc2)cs1.[AlH3].[C-]#[N+]C(C)(C)c1nc(-c2ccccc2)cs1.[H-].[Li+]. The summed E-state index contributed by atoms with van der Waals surface area (Å²) in [7, 11) is 0. The number of hydrogen-bond donors (Lipinski definition) is 1. The maximum Gasteiger partial charge on any atom is 1.00 e. The van der Waals surface area contributed by atoms with Crippen LogP contribution in [0.15, 0.2) is 71.4 Å². The molecule has 34 heavy (non-hydrogen) atoms. The molecule has 0 aliphatic heterocycles. The fourth-order valence-electron chi connectivity index (χ4n) is 2.76. The Balaban J connectivity index is 0.000000608. The number of benzene rings is 2. The Morgan fingerprint density at radius 3 is 1.65 bits per heavy atom. The van der Waals surface area contributed by atoms with Crippen LogP contribution in [0.2, 0.25) is 0 Å². The average Bonchev–Trinajstić information content (AvgIpc) is 3.52. The summed E-state index contributed by atoms with van der Waals surface area (Å²) < 4.78 is 0. The van der Waals surface area contributed by atoms with Gasteiger partial charge in [0.25, 0.3) is 5.54 Å². The largest absolute Gasteiger partial charge is 1.00 e. The summed E-state index contributed by atoms with van der Waals surface area (Å²) in [5, 5.41) is 6.09. The van der Waals surface area contributed by atoms with Gasteiger partial charge in [0.2, 0.25) is 0 Å². The number of thiazole rings is 2. The Bertz CT molecular complexity index is 1190. The van der Waals surface area contributed by atoms with Gasteiger partial charge in [0, 0.05) is 47.7 Å². The van der Waals surface area contributed by atoms with Gasteiger partial charge in [-0.2, -0.15) is 0 Å². The van der Waals surface area contributed by atoms with Crippen LogP contribution in [0.1, 0.15) is 39.1 Å². The van der Waals surface area contributed by atoms with Crippen LogP contribution in [0.4, 0.5) is 0 Å². The normalized spacial score (nSPS) is 10.7.